The van der Waals surface area contributed by atoms with Crippen LogP contribution in [0.3, 0.4) is 0 Å². The van der Waals surface area contributed by atoms with Gasteiger partial charge in [0.2, 0.25) is 0 Å². The van der Waals surface area contributed by atoms with Gasteiger partial charge < -0.3 is 0 Å². The predicted molar refractivity (Wildman–Crippen MR) is 147 cm³/mol. The second kappa shape index (κ2) is 11.9. The molecule has 0 aliphatic rings. The van der Waals surface area contributed by atoms with Crippen LogP contribution in [0.25, 0.3) is 0 Å². The molecule has 3 aromatic rings. The van der Waals surface area contributed by atoms with Gasteiger partial charge in [-0.2, -0.15) is 0 Å². The Kier molecular flexibility index (Phi) is 9.74. The van der Waals surface area contributed by atoms with Crippen LogP contribution >= 0.6 is 45.2 Å². The molecule has 1 unspecified atom stereocenters. The Hall–Kier alpha value is -0.590. The van der Waals surface area contributed by atoms with E-state index < -0.39 is 0 Å². The van der Waals surface area contributed by atoms with Crippen molar-refractivity contribution in [1.82, 2.24) is 0 Å². The molecule has 0 bridgehead atoms. The van der Waals surface area contributed by atoms with E-state index in [9.17, 15) is 0 Å². The van der Waals surface area contributed by atoms with E-state index in [-0.39, 0.29) is 32.9 Å². The van der Waals surface area contributed by atoms with Crippen molar-refractivity contribution in [2.45, 2.75) is 53.2 Å². The molecule has 178 valence electrons. The summed E-state index contributed by atoms with van der Waals surface area (Å²) in [5.41, 5.74) is 2.84. The monoisotopic (exact) mass is 783 g/mol. The van der Waals surface area contributed by atoms with Crippen molar-refractivity contribution in [1.29, 1.82) is 0 Å². The summed E-state index contributed by atoms with van der Waals surface area (Å²) in [6.07, 6.45) is -0.283. The molecule has 3 nitrogen and oxygen atoms in total. The number of hydrogen-bond donors (Lipinski definition) is 0. The van der Waals surface area contributed by atoms with Gasteiger partial charge in [0.15, 0.2) is 0 Å². The molecule has 0 heterocycles. The van der Waals surface area contributed by atoms with Gasteiger partial charge in [0, 0.05) is 6.61 Å². The predicted octanol–water partition coefficient (Wildman–Crippen LogP) is 5.18. The number of ether oxygens (including phenoxy) is 3. The molecule has 3 rings (SSSR count). The van der Waals surface area contributed by atoms with E-state index in [1.807, 2.05) is 26.0 Å². The van der Waals surface area contributed by atoms with Gasteiger partial charge in [0.1, 0.15) is 0 Å². The molecule has 0 saturated heterocycles. The van der Waals surface area contributed by atoms with E-state index in [1.165, 1.54) is 18.3 Å². The normalized spacial score (nSPS) is 12.6. The van der Waals surface area contributed by atoms with Crippen LogP contribution in [0.4, 0.5) is 0 Å². The van der Waals surface area contributed by atoms with E-state index in [1.54, 1.807) is 0 Å². The molecule has 0 aliphatic carbocycles. The number of benzene rings is 3. The molecule has 0 aliphatic heterocycles. The number of halogens is 3. The SMILES string of the molecule is CCOC(C)Oc1cc(I)c(Oc2ccc([I-]c3ccc(C(C)(C)C)cc3)c(C)c2)cc1I. The maximum atomic E-state index is 6.25. The van der Waals surface area contributed by atoms with E-state index in [0.29, 0.717) is 6.61 Å². The topological polar surface area (TPSA) is 27.7 Å². The molecule has 0 saturated carbocycles. The molecule has 0 radical (unpaired) electrons. The zero-order chi connectivity index (χ0) is 24.2. The molecule has 6 heteroatoms. The van der Waals surface area contributed by atoms with Crippen LogP contribution in [0.1, 0.15) is 45.7 Å². The van der Waals surface area contributed by atoms with Crippen molar-refractivity contribution in [3.8, 4) is 17.2 Å². The van der Waals surface area contributed by atoms with Crippen LogP contribution in [0.2, 0.25) is 0 Å². The van der Waals surface area contributed by atoms with E-state index in [2.05, 4.69) is 115 Å². The number of rotatable bonds is 8. The molecule has 1 atom stereocenters. The Morgan fingerprint density at radius 1 is 0.909 bits per heavy atom. The first kappa shape index (κ1) is 27.0. The van der Waals surface area contributed by atoms with E-state index in [4.69, 9.17) is 14.2 Å². The summed E-state index contributed by atoms with van der Waals surface area (Å²) < 4.78 is 22.5. The van der Waals surface area contributed by atoms with Crippen LogP contribution in [-0.2, 0) is 10.2 Å². The van der Waals surface area contributed by atoms with Crippen molar-refractivity contribution < 1.29 is 35.4 Å². The summed E-state index contributed by atoms with van der Waals surface area (Å²) in [6, 6.07) is 19.6. The average Bonchev–Trinajstić information content (AvgIpc) is 2.73. The van der Waals surface area contributed by atoms with Gasteiger partial charge in [-0.25, -0.2) is 0 Å². The molecule has 0 N–H and O–H groups in total. The van der Waals surface area contributed by atoms with Crippen molar-refractivity contribution in [2.75, 3.05) is 6.61 Å². The van der Waals surface area contributed by atoms with Crippen LogP contribution in [0, 0.1) is 21.2 Å². The molecular weight excluding hydrogens is 753 g/mol. The molecule has 0 spiro atoms. The molecular formula is C27H30I3O3-. The molecule has 0 fully saturated rings. The standard InChI is InChI=1S/C27H30I3O3/c1-7-31-18(3)32-25-15-23(29)26(16-22(25)28)33-21-12-13-24(17(2)14-21)30-20-10-8-19(9-11-20)27(4,5)6/h8-16,18H,7H2,1-6H3/q-1. The van der Waals surface area contributed by atoms with Gasteiger partial charge in [-0.05, 0) is 6.92 Å². The molecule has 3 aromatic carbocycles. The Morgan fingerprint density at radius 2 is 1.55 bits per heavy atom. The molecule has 0 amide bonds. The average molecular weight is 783 g/mol. The van der Waals surface area contributed by atoms with Crippen LogP contribution < -0.4 is 30.7 Å². The second-order valence-electron chi connectivity index (χ2n) is 8.72. The summed E-state index contributed by atoms with van der Waals surface area (Å²) in [7, 11) is 0. The van der Waals surface area contributed by atoms with Gasteiger partial charge in [-0.15, -0.1) is 0 Å². The van der Waals surface area contributed by atoms with Crippen LogP contribution in [-0.4, -0.2) is 12.9 Å². The second-order valence-corrected chi connectivity index (χ2v) is 14.0. The summed E-state index contributed by atoms with van der Waals surface area (Å²) in [5.74, 6) is 2.49. The summed E-state index contributed by atoms with van der Waals surface area (Å²) in [6.45, 7) is 13.4. The fourth-order valence-electron chi connectivity index (χ4n) is 3.17. The Morgan fingerprint density at radius 3 is 2.15 bits per heavy atom. The maximum absolute atomic E-state index is 6.25. The van der Waals surface area contributed by atoms with Crippen molar-refractivity contribution in [3.63, 3.8) is 0 Å². The Balaban J connectivity index is 1.72. The first-order valence-electron chi connectivity index (χ1n) is 10.9. The third-order valence-electron chi connectivity index (χ3n) is 4.96. The quantitative estimate of drug-likeness (QED) is 0.233. The van der Waals surface area contributed by atoms with Gasteiger partial charge in [-0.3, -0.25) is 0 Å². The third kappa shape index (κ3) is 7.70. The molecule has 0 aromatic heterocycles. The summed E-state index contributed by atoms with van der Waals surface area (Å²) >= 11 is 4.34. The summed E-state index contributed by atoms with van der Waals surface area (Å²) in [5, 5.41) is 0. The number of aryl methyl sites for hydroxylation is 1. The minimum atomic E-state index is -0.283. The Labute approximate surface area is 235 Å². The van der Waals surface area contributed by atoms with Crippen LogP contribution in [0.5, 0.6) is 17.2 Å². The van der Waals surface area contributed by atoms with Crippen molar-refractivity contribution >= 4 is 45.2 Å². The first-order chi connectivity index (χ1) is 15.6. The zero-order valence-electron chi connectivity index (χ0n) is 19.8. The van der Waals surface area contributed by atoms with Crippen molar-refractivity contribution in [2.24, 2.45) is 0 Å². The van der Waals surface area contributed by atoms with Gasteiger partial charge in [0.25, 0.3) is 0 Å². The van der Waals surface area contributed by atoms with E-state index in [0.717, 1.165) is 24.4 Å². The first-order valence-corrected chi connectivity index (χ1v) is 15.2. The fourth-order valence-corrected chi connectivity index (χ4v) is 6.62. The zero-order valence-corrected chi connectivity index (χ0v) is 26.3. The third-order valence-corrected chi connectivity index (χ3v) is 9.78. The number of hydrogen-bond acceptors (Lipinski definition) is 3. The fraction of sp³-hybridized carbons (Fsp3) is 0.333. The van der Waals surface area contributed by atoms with Gasteiger partial charge in [0.05, 0.1) is 0 Å². The Bertz CT molecular complexity index is 1090. The summed E-state index contributed by atoms with van der Waals surface area (Å²) in [4.78, 5) is 0. The van der Waals surface area contributed by atoms with Crippen LogP contribution in [0.15, 0.2) is 54.6 Å². The molecule has 33 heavy (non-hydrogen) atoms. The van der Waals surface area contributed by atoms with E-state index >= 15 is 0 Å². The van der Waals surface area contributed by atoms with Gasteiger partial charge >= 0.3 is 224 Å². The van der Waals surface area contributed by atoms with Gasteiger partial charge in [-0.1, -0.05) is 0 Å². The minimum absolute atomic E-state index is 0.187. The van der Waals surface area contributed by atoms with Crippen molar-refractivity contribution in [3.05, 3.63) is 80.0 Å².